The van der Waals surface area contributed by atoms with Gasteiger partial charge < -0.3 is 10.8 Å². The molecule has 3 nitrogen and oxygen atoms in total. The van der Waals surface area contributed by atoms with E-state index in [4.69, 9.17) is 10.8 Å². The summed E-state index contributed by atoms with van der Waals surface area (Å²) in [7, 11) is 0. The van der Waals surface area contributed by atoms with E-state index >= 15 is 0 Å². The van der Waals surface area contributed by atoms with Crippen LogP contribution in [0.15, 0.2) is 0 Å². The van der Waals surface area contributed by atoms with Crippen molar-refractivity contribution in [3.63, 3.8) is 0 Å². The Labute approximate surface area is 72.4 Å². The third-order valence-electron chi connectivity index (χ3n) is 1.07. The summed E-state index contributed by atoms with van der Waals surface area (Å²) in [6, 6.07) is -0.763. The Hall–Kier alpha value is -0.720. The average molecular weight is 178 g/mol. The molecule has 0 radical (unpaired) electrons. The normalized spacial score (nSPS) is 10.4. The summed E-state index contributed by atoms with van der Waals surface area (Å²) < 4.78 is 0. The predicted octanol–water partition coefficient (Wildman–Crippen LogP) is 0.624. The highest BCUT2D eigenvalue weighted by atomic mass is 35.5. The molecule has 0 aromatic rings. The van der Waals surface area contributed by atoms with Gasteiger partial charge in [0.05, 0.1) is 0 Å². The number of aliphatic carboxylic acids is 1. The van der Waals surface area contributed by atoms with Gasteiger partial charge in [-0.3, -0.25) is 4.79 Å². The summed E-state index contributed by atoms with van der Waals surface area (Å²) in [6.45, 7) is 1.71. The van der Waals surface area contributed by atoms with Crippen molar-refractivity contribution in [2.24, 2.45) is 5.73 Å². The lowest BCUT2D eigenvalue weighted by atomic mass is 10.2. The van der Waals surface area contributed by atoms with Crippen LogP contribution in [0.25, 0.3) is 0 Å². The molecule has 1 atom stereocenters. The first-order valence-electron chi connectivity index (χ1n) is 3.06. The van der Waals surface area contributed by atoms with Crippen LogP contribution in [0.5, 0.6) is 0 Å². The van der Waals surface area contributed by atoms with Crippen LogP contribution in [0, 0.1) is 11.8 Å². The second-order valence-electron chi connectivity index (χ2n) is 1.91. The molecule has 0 aromatic heterocycles. The van der Waals surface area contributed by atoms with Crippen molar-refractivity contribution in [1.29, 1.82) is 0 Å². The lowest BCUT2D eigenvalue weighted by Crippen LogP contribution is -2.29. The van der Waals surface area contributed by atoms with E-state index < -0.39 is 12.0 Å². The molecular formula is C7H12ClNO2. The number of hydrogen-bond acceptors (Lipinski definition) is 2. The molecule has 0 fully saturated rings. The van der Waals surface area contributed by atoms with Crippen LogP contribution in [0.4, 0.5) is 0 Å². The minimum absolute atomic E-state index is 0. The number of hydrogen-bond donors (Lipinski definition) is 2. The molecule has 0 bridgehead atoms. The summed E-state index contributed by atoms with van der Waals surface area (Å²) in [5.74, 6) is 4.44. The topological polar surface area (TPSA) is 63.3 Å². The number of carboxylic acid groups (broad SMARTS) is 1. The molecule has 0 heterocycles. The van der Waals surface area contributed by atoms with Crippen molar-refractivity contribution in [2.75, 3.05) is 0 Å². The van der Waals surface area contributed by atoms with Crippen molar-refractivity contribution < 1.29 is 9.90 Å². The Morgan fingerprint density at radius 3 is 2.64 bits per heavy atom. The third-order valence-corrected chi connectivity index (χ3v) is 1.07. The largest absolute Gasteiger partial charge is 0.480 e. The van der Waals surface area contributed by atoms with Gasteiger partial charge in [0.25, 0.3) is 0 Å². The van der Waals surface area contributed by atoms with Crippen molar-refractivity contribution in [3.05, 3.63) is 0 Å². The maximum atomic E-state index is 10.1. The molecule has 0 rings (SSSR count). The minimum Gasteiger partial charge on any atom is -0.480 e. The summed E-state index contributed by atoms with van der Waals surface area (Å²) in [4.78, 5) is 10.1. The van der Waals surface area contributed by atoms with Gasteiger partial charge in [-0.25, -0.2) is 0 Å². The molecule has 0 aliphatic heterocycles. The Morgan fingerprint density at radius 1 is 1.73 bits per heavy atom. The Kier molecular flexibility index (Phi) is 8.67. The van der Waals surface area contributed by atoms with Crippen LogP contribution >= 0.6 is 12.4 Å². The Balaban J connectivity index is 0. The van der Waals surface area contributed by atoms with Crippen molar-refractivity contribution in [3.8, 4) is 11.8 Å². The standard InChI is InChI=1S/C7H11NO2.ClH/c1-2-3-4-5-6(8)7(9)10;/h6H,4-5,8H2,1H3,(H,9,10);1H/t6-;/m1./s1. The van der Waals surface area contributed by atoms with Crippen LogP contribution < -0.4 is 5.73 Å². The fourth-order valence-electron chi connectivity index (χ4n) is 0.476. The van der Waals surface area contributed by atoms with E-state index in [1.54, 1.807) is 6.92 Å². The highest BCUT2D eigenvalue weighted by Gasteiger charge is 2.08. The minimum atomic E-state index is -0.960. The predicted molar refractivity (Wildman–Crippen MR) is 45.5 cm³/mol. The molecule has 0 aliphatic rings. The number of rotatable bonds is 3. The molecule has 64 valence electrons. The van der Waals surface area contributed by atoms with E-state index in [2.05, 4.69) is 11.8 Å². The first-order chi connectivity index (χ1) is 4.68. The van der Waals surface area contributed by atoms with Gasteiger partial charge in [-0.1, -0.05) is 0 Å². The average Bonchev–Trinajstić information content (AvgIpc) is 1.88. The van der Waals surface area contributed by atoms with E-state index in [0.717, 1.165) is 0 Å². The molecule has 0 amide bonds. The Bertz CT molecular complexity index is 171. The van der Waals surface area contributed by atoms with Crippen molar-refractivity contribution >= 4 is 18.4 Å². The first-order valence-corrected chi connectivity index (χ1v) is 3.06. The lowest BCUT2D eigenvalue weighted by Gasteiger charge is -2.00. The van der Waals surface area contributed by atoms with Gasteiger partial charge in [0.1, 0.15) is 6.04 Å². The van der Waals surface area contributed by atoms with E-state index in [1.807, 2.05) is 0 Å². The van der Waals surface area contributed by atoms with Gasteiger partial charge in [0.2, 0.25) is 0 Å². The van der Waals surface area contributed by atoms with E-state index in [-0.39, 0.29) is 12.4 Å². The zero-order valence-corrected chi connectivity index (χ0v) is 7.15. The molecule has 0 unspecified atom stereocenters. The molecule has 0 aliphatic carbocycles. The smallest absolute Gasteiger partial charge is 0.320 e. The van der Waals surface area contributed by atoms with Gasteiger partial charge in [0, 0.05) is 6.42 Å². The number of halogens is 1. The second kappa shape index (κ2) is 7.39. The zero-order valence-electron chi connectivity index (χ0n) is 6.33. The van der Waals surface area contributed by atoms with E-state index in [9.17, 15) is 4.79 Å². The third kappa shape index (κ3) is 7.17. The maximum Gasteiger partial charge on any atom is 0.320 e. The second-order valence-corrected chi connectivity index (χ2v) is 1.91. The van der Waals surface area contributed by atoms with Crippen molar-refractivity contribution in [1.82, 2.24) is 0 Å². The Morgan fingerprint density at radius 2 is 2.27 bits per heavy atom. The fourth-order valence-corrected chi connectivity index (χ4v) is 0.476. The number of carbonyl (C=O) groups is 1. The summed E-state index contributed by atoms with van der Waals surface area (Å²) in [5.41, 5.74) is 5.19. The molecule has 0 spiro atoms. The van der Waals surface area contributed by atoms with Gasteiger partial charge in [-0.2, -0.15) is 0 Å². The maximum absolute atomic E-state index is 10.1. The fraction of sp³-hybridized carbons (Fsp3) is 0.571. The van der Waals surface area contributed by atoms with Crippen LogP contribution in [0.3, 0.4) is 0 Å². The number of nitrogens with two attached hydrogens (primary N) is 1. The van der Waals surface area contributed by atoms with Crippen molar-refractivity contribution in [2.45, 2.75) is 25.8 Å². The SMILES string of the molecule is CC#CCC[C@@H](N)C(=O)O.Cl. The van der Waals surface area contributed by atoms with Crippen LogP contribution in [-0.2, 0) is 4.79 Å². The van der Waals surface area contributed by atoms with Gasteiger partial charge >= 0.3 is 5.97 Å². The van der Waals surface area contributed by atoms with Crippen LogP contribution in [0.2, 0.25) is 0 Å². The van der Waals surface area contributed by atoms with E-state index in [0.29, 0.717) is 12.8 Å². The van der Waals surface area contributed by atoms with E-state index in [1.165, 1.54) is 0 Å². The van der Waals surface area contributed by atoms with Crippen LogP contribution in [0.1, 0.15) is 19.8 Å². The highest BCUT2D eigenvalue weighted by molar-refractivity contribution is 5.85. The molecule has 3 N–H and O–H groups in total. The van der Waals surface area contributed by atoms with Gasteiger partial charge in [-0.05, 0) is 13.3 Å². The molecule has 0 saturated heterocycles. The summed E-state index contributed by atoms with van der Waals surface area (Å²) in [6.07, 6.45) is 0.986. The highest BCUT2D eigenvalue weighted by Crippen LogP contribution is 1.91. The van der Waals surface area contributed by atoms with Gasteiger partial charge in [-0.15, -0.1) is 24.2 Å². The summed E-state index contributed by atoms with van der Waals surface area (Å²) in [5, 5.41) is 8.31. The quantitative estimate of drug-likeness (QED) is 0.622. The first kappa shape index (κ1) is 12.9. The monoisotopic (exact) mass is 177 g/mol. The molecular weight excluding hydrogens is 166 g/mol. The van der Waals surface area contributed by atoms with Crippen LogP contribution in [-0.4, -0.2) is 17.1 Å². The zero-order chi connectivity index (χ0) is 7.98. The summed E-state index contributed by atoms with van der Waals surface area (Å²) >= 11 is 0. The molecule has 11 heavy (non-hydrogen) atoms. The molecule has 4 heteroatoms. The lowest BCUT2D eigenvalue weighted by molar-refractivity contribution is -0.138. The molecule has 0 aromatic carbocycles. The van der Waals surface area contributed by atoms with Gasteiger partial charge in [0.15, 0.2) is 0 Å². The molecule has 0 saturated carbocycles. The number of carboxylic acids is 1.